The zero-order chi connectivity index (χ0) is 17.3. The molecule has 128 valence electrons. The lowest BCUT2D eigenvalue weighted by atomic mass is 10.0. The fraction of sp³-hybridized carbons (Fsp3) is 0.562. The van der Waals surface area contributed by atoms with Crippen LogP contribution in [-0.4, -0.2) is 39.6 Å². The second-order valence-corrected chi connectivity index (χ2v) is 6.21. The van der Waals surface area contributed by atoms with Crippen molar-refractivity contribution in [1.82, 2.24) is 25.4 Å². The van der Waals surface area contributed by atoms with E-state index in [1.807, 2.05) is 32.7 Å². The molecule has 0 atom stereocenters. The van der Waals surface area contributed by atoms with E-state index >= 15 is 0 Å². The van der Waals surface area contributed by atoms with Crippen LogP contribution in [0.15, 0.2) is 4.52 Å². The van der Waals surface area contributed by atoms with Crippen LogP contribution in [0.3, 0.4) is 0 Å². The Morgan fingerprint density at radius 1 is 1.29 bits per heavy atom. The van der Waals surface area contributed by atoms with Gasteiger partial charge in [-0.1, -0.05) is 25.9 Å². The summed E-state index contributed by atoms with van der Waals surface area (Å²) in [4.78, 5) is 27.6. The number of nitrogens with one attached hydrogen (secondary N) is 1. The predicted octanol–water partition coefficient (Wildman–Crippen LogP) is 1.47. The van der Waals surface area contributed by atoms with Gasteiger partial charge in [0.15, 0.2) is 5.82 Å². The smallest absolute Gasteiger partial charge is 0.270 e. The van der Waals surface area contributed by atoms with Crippen LogP contribution in [0.4, 0.5) is 5.82 Å². The maximum Gasteiger partial charge on any atom is 0.270 e. The van der Waals surface area contributed by atoms with Crippen LogP contribution in [0.1, 0.15) is 60.3 Å². The second kappa shape index (κ2) is 6.54. The Balaban J connectivity index is 1.97. The molecule has 0 aliphatic carbocycles. The number of aromatic nitrogens is 4. The number of carbonyl (C=O) groups excluding carboxylic acids is 1. The van der Waals surface area contributed by atoms with Crippen molar-refractivity contribution in [3.63, 3.8) is 0 Å². The van der Waals surface area contributed by atoms with E-state index in [0.29, 0.717) is 49.2 Å². The Hall–Kier alpha value is -2.51. The summed E-state index contributed by atoms with van der Waals surface area (Å²) >= 11 is 0. The van der Waals surface area contributed by atoms with Gasteiger partial charge < -0.3 is 14.7 Å². The van der Waals surface area contributed by atoms with E-state index in [2.05, 4.69) is 20.4 Å². The van der Waals surface area contributed by atoms with E-state index in [0.717, 1.165) is 11.4 Å². The van der Waals surface area contributed by atoms with Crippen LogP contribution in [0, 0.1) is 0 Å². The molecule has 2 aromatic heterocycles. The van der Waals surface area contributed by atoms with Gasteiger partial charge in [-0.3, -0.25) is 4.79 Å². The van der Waals surface area contributed by atoms with E-state index in [1.54, 1.807) is 0 Å². The standard InChI is InChI=1S/C16H22N6O2/c1-5-12-18-11(21-24-12)8-22(4)15-10-6-7-17-16(23)13(10)19-14(20-15)9(2)3/h9H,5-8H2,1-4H3,(H,17,23). The van der Waals surface area contributed by atoms with Gasteiger partial charge in [0.05, 0.1) is 6.54 Å². The van der Waals surface area contributed by atoms with Gasteiger partial charge in [0.1, 0.15) is 17.3 Å². The quantitative estimate of drug-likeness (QED) is 0.886. The van der Waals surface area contributed by atoms with Crippen molar-refractivity contribution < 1.29 is 9.32 Å². The van der Waals surface area contributed by atoms with Gasteiger partial charge in [0, 0.05) is 31.5 Å². The third kappa shape index (κ3) is 3.08. The highest BCUT2D eigenvalue weighted by Crippen LogP contribution is 2.26. The first-order chi connectivity index (χ1) is 11.5. The van der Waals surface area contributed by atoms with Gasteiger partial charge in [-0.15, -0.1) is 0 Å². The van der Waals surface area contributed by atoms with E-state index in [9.17, 15) is 4.79 Å². The van der Waals surface area contributed by atoms with E-state index in [1.165, 1.54) is 0 Å². The third-order valence-corrected chi connectivity index (χ3v) is 3.95. The van der Waals surface area contributed by atoms with Crippen molar-refractivity contribution in [1.29, 1.82) is 0 Å². The molecule has 0 aromatic carbocycles. The van der Waals surface area contributed by atoms with E-state index < -0.39 is 0 Å². The molecule has 0 unspecified atom stereocenters. The number of fused-ring (bicyclic) bond motifs is 1. The number of carbonyl (C=O) groups is 1. The number of hydrogen-bond acceptors (Lipinski definition) is 7. The van der Waals surface area contributed by atoms with Crippen molar-refractivity contribution in [3.8, 4) is 0 Å². The molecule has 0 saturated carbocycles. The summed E-state index contributed by atoms with van der Waals surface area (Å²) in [5, 5.41) is 6.83. The van der Waals surface area contributed by atoms with Crippen LogP contribution >= 0.6 is 0 Å². The molecule has 0 saturated heterocycles. The van der Waals surface area contributed by atoms with E-state index in [4.69, 9.17) is 9.51 Å². The van der Waals surface area contributed by atoms with Crippen LogP contribution in [0.5, 0.6) is 0 Å². The van der Waals surface area contributed by atoms with Gasteiger partial charge in [0.25, 0.3) is 5.91 Å². The zero-order valence-corrected chi connectivity index (χ0v) is 14.5. The van der Waals surface area contributed by atoms with Gasteiger partial charge >= 0.3 is 0 Å². The number of amides is 1. The molecule has 0 spiro atoms. The summed E-state index contributed by atoms with van der Waals surface area (Å²) in [5.41, 5.74) is 1.36. The van der Waals surface area contributed by atoms with Gasteiger partial charge in [-0.05, 0) is 6.42 Å². The third-order valence-electron chi connectivity index (χ3n) is 3.95. The lowest BCUT2D eigenvalue weighted by Gasteiger charge is -2.25. The molecule has 1 aliphatic heterocycles. The number of hydrogen-bond donors (Lipinski definition) is 1. The molecule has 0 radical (unpaired) electrons. The Morgan fingerprint density at radius 2 is 2.08 bits per heavy atom. The topological polar surface area (TPSA) is 97.0 Å². The molecule has 2 aromatic rings. The fourth-order valence-electron chi connectivity index (χ4n) is 2.65. The largest absolute Gasteiger partial charge is 0.352 e. The molecule has 1 aliphatic rings. The van der Waals surface area contributed by atoms with Crippen molar-refractivity contribution in [3.05, 3.63) is 28.8 Å². The Kier molecular flexibility index (Phi) is 4.46. The number of nitrogens with zero attached hydrogens (tertiary/aromatic N) is 5. The molecule has 24 heavy (non-hydrogen) atoms. The van der Waals surface area contributed by atoms with Crippen LogP contribution < -0.4 is 10.2 Å². The SMILES string of the molecule is CCc1nc(CN(C)c2nc(C(C)C)nc3c2CCNC3=O)no1. The average molecular weight is 330 g/mol. The maximum atomic E-state index is 12.2. The normalized spacial score (nSPS) is 13.8. The maximum absolute atomic E-state index is 12.2. The van der Waals surface area contributed by atoms with Crippen molar-refractivity contribution in [2.45, 2.75) is 46.1 Å². The minimum Gasteiger partial charge on any atom is -0.352 e. The average Bonchev–Trinajstić information content (AvgIpc) is 3.01. The van der Waals surface area contributed by atoms with Gasteiger partial charge in [-0.2, -0.15) is 4.98 Å². The summed E-state index contributed by atoms with van der Waals surface area (Å²) in [5.74, 6) is 2.65. The first-order valence-electron chi connectivity index (χ1n) is 8.21. The molecule has 8 heteroatoms. The summed E-state index contributed by atoms with van der Waals surface area (Å²) < 4.78 is 5.16. The second-order valence-electron chi connectivity index (χ2n) is 6.21. The minimum atomic E-state index is -0.136. The highest BCUT2D eigenvalue weighted by molar-refractivity contribution is 5.96. The predicted molar refractivity (Wildman–Crippen MR) is 87.9 cm³/mol. The number of anilines is 1. The highest BCUT2D eigenvalue weighted by atomic mass is 16.5. The first-order valence-corrected chi connectivity index (χ1v) is 8.21. The van der Waals surface area contributed by atoms with Crippen LogP contribution in [-0.2, 0) is 19.4 Å². The monoisotopic (exact) mass is 330 g/mol. The molecular weight excluding hydrogens is 308 g/mol. The summed E-state index contributed by atoms with van der Waals surface area (Å²) in [6.07, 6.45) is 1.42. The Morgan fingerprint density at radius 3 is 2.75 bits per heavy atom. The fourth-order valence-corrected chi connectivity index (χ4v) is 2.65. The first kappa shape index (κ1) is 16.4. The summed E-state index contributed by atoms with van der Waals surface area (Å²) in [7, 11) is 1.92. The molecule has 3 heterocycles. The molecule has 3 rings (SSSR count). The number of rotatable bonds is 5. The molecule has 1 N–H and O–H groups in total. The zero-order valence-electron chi connectivity index (χ0n) is 14.5. The summed E-state index contributed by atoms with van der Waals surface area (Å²) in [6, 6.07) is 0. The van der Waals surface area contributed by atoms with Crippen LogP contribution in [0.2, 0.25) is 0 Å². The molecule has 0 fully saturated rings. The summed E-state index contributed by atoms with van der Waals surface area (Å²) in [6.45, 7) is 7.05. The van der Waals surface area contributed by atoms with Gasteiger partial charge in [-0.25, -0.2) is 9.97 Å². The molecule has 0 bridgehead atoms. The van der Waals surface area contributed by atoms with Crippen molar-refractivity contribution in [2.75, 3.05) is 18.5 Å². The highest BCUT2D eigenvalue weighted by Gasteiger charge is 2.26. The molecule has 8 nitrogen and oxygen atoms in total. The number of aryl methyl sites for hydroxylation is 1. The van der Waals surface area contributed by atoms with Crippen molar-refractivity contribution >= 4 is 11.7 Å². The van der Waals surface area contributed by atoms with Crippen molar-refractivity contribution in [2.24, 2.45) is 0 Å². The Bertz CT molecular complexity index is 755. The Labute approximate surface area is 140 Å². The lowest BCUT2D eigenvalue weighted by molar-refractivity contribution is 0.0940. The van der Waals surface area contributed by atoms with Gasteiger partial charge in [0.2, 0.25) is 5.89 Å². The molecular formula is C16H22N6O2. The minimum absolute atomic E-state index is 0.133. The molecule has 1 amide bonds. The lowest BCUT2D eigenvalue weighted by Crippen LogP contribution is -2.35. The van der Waals surface area contributed by atoms with Crippen LogP contribution in [0.25, 0.3) is 0 Å². The van der Waals surface area contributed by atoms with E-state index in [-0.39, 0.29) is 11.8 Å².